The fourth-order valence-corrected chi connectivity index (χ4v) is 2.04. The molecule has 0 atom stereocenters. The van der Waals surface area contributed by atoms with E-state index in [1.54, 1.807) is 4.52 Å². The van der Waals surface area contributed by atoms with Gasteiger partial charge in [0, 0.05) is 25.9 Å². The molecule has 1 aliphatic heterocycles. The first-order valence-electron chi connectivity index (χ1n) is 5.81. The monoisotopic (exact) mass is 247 g/mol. The minimum Gasteiger partial charge on any atom is -0.466 e. The van der Waals surface area contributed by atoms with E-state index >= 15 is 0 Å². The molecule has 0 bridgehead atoms. The van der Waals surface area contributed by atoms with E-state index in [0.29, 0.717) is 43.4 Å². The third-order valence-electron chi connectivity index (χ3n) is 3.05. The van der Waals surface area contributed by atoms with E-state index in [-0.39, 0.29) is 0 Å². The number of hydrogen-bond acceptors (Lipinski definition) is 6. The standard InChI is InChI=1S/C11H13N5O2/c1-18-11-13-12-9-2-3-10(14-16(9)11)15-6-4-8(17)5-7-15/h2-3H,4-7H2,1H3. The molecule has 7 heteroatoms. The van der Waals surface area contributed by atoms with E-state index in [1.165, 1.54) is 7.11 Å². The van der Waals surface area contributed by atoms with Gasteiger partial charge < -0.3 is 9.64 Å². The lowest BCUT2D eigenvalue weighted by molar-refractivity contribution is -0.119. The van der Waals surface area contributed by atoms with E-state index in [0.717, 1.165) is 5.82 Å². The second kappa shape index (κ2) is 4.25. The predicted molar refractivity (Wildman–Crippen MR) is 63.8 cm³/mol. The van der Waals surface area contributed by atoms with Crippen molar-refractivity contribution in [1.29, 1.82) is 0 Å². The molecule has 0 N–H and O–H groups in total. The maximum absolute atomic E-state index is 11.2. The molecule has 0 aliphatic carbocycles. The van der Waals surface area contributed by atoms with Gasteiger partial charge in [0.1, 0.15) is 11.6 Å². The summed E-state index contributed by atoms with van der Waals surface area (Å²) in [6, 6.07) is 4.09. The Morgan fingerprint density at radius 1 is 1.22 bits per heavy atom. The fourth-order valence-electron chi connectivity index (χ4n) is 2.04. The Labute approximate surface area is 103 Å². The van der Waals surface area contributed by atoms with Crippen molar-refractivity contribution in [2.45, 2.75) is 12.8 Å². The van der Waals surface area contributed by atoms with Crippen LogP contribution in [0.15, 0.2) is 12.1 Å². The zero-order chi connectivity index (χ0) is 12.5. The molecule has 0 spiro atoms. The Hall–Kier alpha value is -2.18. The Morgan fingerprint density at radius 2 is 2.00 bits per heavy atom. The van der Waals surface area contributed by atoms with Crippen molar-refractivity contribution in [3.8, 4) is 6.01 Å². The van der Waals surface area contributed by atoms with Crippen LogP contribution in [0.25, 0.3) is 5.65 Å². The first-order valence-corrected chi connectivity index (χ1v) is 5.81. The van der Waals surface area contributed by atoms with Crippen LogP contribution in [0, 0.1) is 0 Å². The fraction of sp³-hybridized carbons (Fsp3) is 0.455. The normalized spacial score (nSPS) is 16.3. The molecule has 3 heterocycles. The van der Waals surface area contributed by atoms with Gasteiger partial charge in [-0.15, -0.1) is 10.2 Å². The smallest absolute Gasteiger partial charge is 0.338 e. The number of carbonyl (C=O) groups is 1. The largest absolute Gasteiger partial charge is 0.466 e. The molecular weight excluding hydrogens is 234 g/mol. The lowest BCUT2D eigenvalue weighted by Gasteiger charge is -2.26. The number of carbonyl (C=O) groups excluding carboxylic acids is 1. The highest BCUT2D eigenvalue weighted by atomic mass is 16.5. The van der Waals surface area contributed by atoms with Crippen molar-refractivity contribution in [1.82, 2.24) is 19.8 Å². The molecule has 1 fully saturated rings. The number of ketones is 1. The van der Waals surface area contributed by atoms with Crippen LogP contribution < -0.4 is 9.64 Å². The molecule has 2 aromatic rings. The Morgan fingerprint density at radius 3 is 2.72 bits per heavy atom. The molecule has 0 aromatic carbocycles. The number of aromatic nitrogens is 4. The highest BCUT2D eigenvalue weighted by Gasteiger charge is 2.18. The molecule has 0 radical (unpaired) electrons. The molecule has 18 heavy (non-hydrogen) atoms. The van der Waals surface area contributed by atoms with Crippen LogP contribution >= 0.6 is 0 Å². The van der Waals surface area contributed by atoms with Crippen molar-refractivity contribution < 1.29 is 9.53 Å². The van der Waals surface area contributed by atoms with Crippen LogP contribution in [0.1, 0.15) is 12.8 Å². The van der Waals surface area contributed by atoms with E-state index in [4.69, 9.17) is 4.74 Å². The highest BCUT2D eigenvalue weighted by Crippen LogP contribution is 2.18. The highest BCUT2D eigenvalue weighted by molar-refractivity contribution is 5.80. The summed E-state index contributed by atoms with van der Waals surface area (Å²) in [4.78, 5) is 13.3. The molecule has 1 saturated heterocycles. The van der Waals surface area contributed by atoms with Gasteiger partial charge in [0.05, 0.1) is 7.11 Å². The van der Waals surface area contributed by atoms with Crippen molar-refractivity contribution in [2.24, 2.45) is 0 Å². The Balaban J connectivity index is 1.94. The second-order valence-electron chi connectivity index (χ2n) is 4.17. The summed E-state index contributed by atoms with van der Waals surface area (Å²) in [5.74, 6) is 1.13. The lowest BCUT2D eigenvalue weighted by Crippen LogP contribution is -2.34. The van der Waals surface area contributed by atoms with E-state index in [9.17, 15) is 4.79 Å². The summed E-state index contributed by atoms with van der Waals surface area (Å²) in [5.41, 5.74) is 0.642. The molecule has 7 nitrogen and oxygen atoms in total. The number of fused-ring (bicyclic) bond motifs is 1. The van der Waals surface area contributed by atoms with E-state index in [1.807, 2.05) is 12.1 Å². The molecular formula is C11H13N5O2. The van der Waals surface area contributed by atoms with Gasteiger partial charge in [0.2, 0.25) is 0 Å². The zero-order valence-electron chi connectivity index (χ0n) is 10.0. The minimum absolute atomic E-state index is 0.314. The van der Waals surface area contributed by atoms with Gasteiger partial charge in [-0.2, -0.15) is 4.52 Å². The number of ether oxygens (including phenoxy) is 1. The van der Waals surface area contributed by atoms with Crippen molar-refractivity contribution in [3.63, 3.8) is 0 Å². The van der Waals surface area contributed by atoms with Crippen LogP contribution in [0.5, 0.6) is 6.01 Å². The molecule has 94 valence electrons. The van der Waals surface area contributed by atoms with Crippen LogP contribution in [-0.4, -0.2) is 45.8 Å². The predicted octanol–water partition coefficient (Wildman–Crippen LogP) is 0.302. The number of piperidine rings is 1. The van der Waals surface area contributed by atoms with Crippen molar-refractivity contribution in [2.75, 3.05) is 25.1 Å². The van der Waals surface area contributed by atoms with Gasteiger partial charge in [-0.1, -0.05) is 5.10 Å². The SMILES string of the molecule is COc1nnc2ccc(N3CCC(=O)CC3)nn12. The van der Waals surface area contributed by atoms with Crippen molar-refractivity contribution in [3.05, 3.63) is 12.1 Å². The molecule has 1 aliphatic rings. The van der Waals surface area contributed by atoms with Crippen molar-refractivity contribution >= 4 is 17.2 Å². The topological polar surface area (TPSA) is 72.6 Å². The number of methoxy groups -OCH3 is 1. The summed E-state index contributed by atoms with van der Waals surface area (Å²) >= 11 is 0. The number of rotatable bonds is 2. The number of Topliss-reactive ketones (excluding diaryl/α,β-unsaturated/α-hetero) is 1. The molecule has 0 saturated carbocycles. The minimum atomic E-state index is 0.314. The molecule has 0 amide bonds. The third kappa shape index (κ3) is 1.77. The van der Waals surface area contributed by atoms with E-state index < -0.39 is 0 Å². The number of hydrogen-bond donors (Lipinski definition) is 0. The number of anilines is 1. The Bertz CT molecular complexity index is 584. The first kappa shape index (κ1) is 10.9. The maximum atomic E-state index is 11.2. The van der Waals surface area contributed by atoms with Crippen LogP contribution in [0.3, 0.4) is 0 Å². The summed E-state index contributed by atoms with van der Waals surface area (Å²) in [6.45, 7) is 1.42. The van der Waals surface area contributed by atoms with Crippen LogP contribution in [-0.2, 0) is 4.79 Å². The van der Waals surface area contributed by atoms with Gasteiger partial charge in [0.25, 0.3) is 0 Å². The zero-order valence-corrected chi connectivity index (χ0v) is 10.0. The molecule has 2 aromatic heterocycles. The van der Waals surface area contributed by atoms with Gasteiger partial charge in [-0.05, 0) is 12.1 Å². The summed E-state index contributed by atoms with van der Waals surface area (Å²) in [5, 5.41) is 12.2. The molecule has 0 unspecified atom stereocenters. The first-order chi connectivity index (χ1) is 8.78. The Kier molecular flexibility index (Phi) is 2.58. The third-order valence-corrected chi connectivity index (χ3v) is 3.05. The van der Waals surface area contributed by atoms with Gasteiger partial charge in [-0.25, -0.2) is 0 Å². The quantitative estimate of drug-likeness (QED) is 0.760. The summed E-state index contributed by atoms with van der Waals surface area (Å²) < 4.78 is 6.64. The summed E-state index contributed by atoms with van der Waals surface area (Å²) in [7, 11) is 1.53. The van der Waals surface area contributed by atoms with Gasteiger partial charge in [0.15, 0.2) is 5.65 Å². The van der Waals surface area contributed by atoms with Gasteiger partial charge in [-0.3, -0.25) is 4.79 Å². The average Bonchev–Trinajstić information content (AvgIpc) is 2.81. The van der Waals surface area contributed by atoms with Crippen LogP contribution in [0.4, 0.5) is 5.82 Å². The van der Waals surface area contributed by atoms with Gasteiger partial charge >= 0.3 is 6.01 Å². The second-order valence-corrected chi connectivity index (χ2v) is 4.17. The number of nitrogens with zero attached hydrogens (tertiary/aromatic N) is 5. The average molecular weight is 247 g/mol. The lowest BCUT2D eigenvalue weighted by atomic mass is 10.1. The van der Waals surface area contributed by atoms with E-state index in [2.05, 4.69) is 20.2 Å². The maximum Gasteiger partial charge on any atom is 0.338 e. The molecule has 3 rings (SSSR count). The summed E-state index contributed by atoms with van der Waals surface area (Å²) in [6.07, 6.45) is 1.16. The van der Waals surface area contributed by atoms with Crippen LogP contribution in [0.2, 0.25) is 0 Å².